The van der Waals surface area contributed by atoms with Crippen molar-refractivity contribution in [3.8, 4) is 0 Å². The lowest BCUT2D eigenvalue weighted by molar-refractivity contribution is 0.0293. The van der Waals surface area contributed by atoms with Gasteiger partial charge in [0.05, 0.1) is 25.4 Å². The predicted octanol–water partition coefficient (Wildman–Crippen LogP) is -3.16. The molecule has 0 aromatic rings. The van der Waals surface area contributed by atoms with E-state index in [1.54, 1.807) is 0 Å². The summed E-state index contributed by atoms with van der Waals surface area (Å²) in [6, 6.07) is 0. The molecule has 0 aliphatic rings. The highest BCUT2D eigenvalue weighted by atomic mass is 32.2. The molecular formula is C7H17NO7S. The van der Waals surface area contributed by atoms with Gasteiger partial charge in [-0.05, 0) is 0 Å². The first-order valence-corrected chi connectivity index (χ1v) is 6.14. The van der Waals surface area contributed by atoms with E-state index in [0.717, 1.165) is 4.90 Å². The molecule has 0 bridgehead atoms. The van der Waals surface area contributed by atoms with Crippen LogP contribution in [0.15, 0.2) is 0 Å². The molecule has 2 atom stereocenters. The maximum atomic E-state index is 10.6. The van der Waals surface area contributed by atoms with Crippen LogP contribution in [0.25, 0.3) is 0 Å². The lowest BCUT2D eigenvalue weighted by Crippen LogP contribution is -2.42. The van der Waals surface area contributed by atoms with Crippen molar-refractivity contribution in [2.45, 2.75) is 12.2 Å². The van der Waals surface area contributed by atoms with Crippen LogP contribution in [0.5, 0.6) is 0 Å². The Bertz CT molecular complexity index is 268. The molecular weight excluding hydrogens is 242 g/mol. The highest BCUT2D eigenvalue weighted by Crippen LogP contribution is 1.99. The van der Waals surface area contributed by atoms with Crippen LogP contribution >= 0.6 is 0 Å². The molecule has 0 fully saturated rings. The number of aliphatic hydroxyl groups is 4. The predicted molar refractivity (Wildman–Crippen MR) is 54.2 cm³/mol. The number of rotatable bonds is 8. The van der Waals surface area contributed by atoms with Gasteiger partial charge < -0.3 is 20.4 Å². The van der Waals surface area contributed by atoms with E-state index in [1.165, 1.54) is 0 Å². The molecule has 0 radical (unpaired) electrons. The second-order valence-corrected chi connectivity index (χ2v) is 4.84. The van der Waals surface area contributed by atoms with Crippen molar-refractivity contribution in [3.63, 3.8) is 0 Å². The molecule has 8 nitrogen and oxygen atoms in total. The second kappa shape index (κ2) is 7.12. The monoisotopic (exact) mass is 259 g/mol. The Morgan fingerprint density at radius 2 is 1.38 bits per heavy atom. The van der Waals surface area contributed by atoms with E-state index in [0.29, 0.717) is 0 Å². The summed E-state index contributed by atoms with van der Waals surface area (Å²) < 4.78 is 29.8. The van der Waals surface area contributed by atoms with Gasteiger partial charge in [-0.3, -0.25) is 9.45 Å². The Labute approximate surface area is 93.5 Å². The van der Waals surface area contributed by atoms with Crippen molar-refractivity contribution in [1.82, 2.24) is 4.90 Å². The van der Waals surface area contributed by atoms with Gasteiger partial charge in [0.15, 0.2) is 0 Å². The minimum Gasteiger partial charge on any atom is -0.394 e. The van der Waals surface area contributed by atoms with Crippen molar-refractivity contribution >= 4 is 10.1 Å². The molecule has 0 amide bonds. The molecule has 16 heavy (non-hydrogen) atoms. The van der Waals surface area contributed by atoms with Crippen LogP contribution in [0.4, 0.5) is 0 Å². The van der Waals surface area contributed by atoms with Gasteiger partial charge in [0, 0.05) is 13.1 Å². The Morgan fingerprint density at radius 3 is 1.62 bits per heavy atom. The van der Waals surface area contributed by atoms with E-state index < -0.39 is 41.4 Å². The fourth-order valence-electron chi connectivity index (χ4n) is 1.12. The number of nitrogens with zero attached hydrogens (tertiary/aromatic N) is 1. The fourth-order valence-corrected chi connectivity index (χ4v) is 1.79. The van der Waals surface area contributed by atoms with Gasteiger partial charge >= 0.3 is 0 Å². The summed E-state index contributed by atoms with van der Waals surface area (Å²) in [7, 11) is -4.29. The lowest BCUT2D eigenvalue weighted by Gasteiger charge is -2.24. The van der Waals surface area contributed by atoms with Gasteiger partial charge in [-0.15, -0.1) is 0 Å². The van der Waals surface area contributed by atoms with E-state index in [2.05, 4.69) is 0 Å². The van der Waals surface area contributed by atoms with E-state index in [9.17, 15) is 8.42 Å². The standard InChI is InChI=1S/C7H17NO7S/c9-3-6(11)1-8(2-7(12)4-10)5-16(13,14)15/h6-7,9-12H,1-5H2,(H,13,14,15). The van der Waals surface area contributed by atoms with Gasteiger partial charge in [-0.1, -0.05) is 0 Å². The van der Waals surface area contributed by atoms with Crippen molar-refractivity contribution in [1.29, 1.82) is 0 Å². The number of hydrogen-bond donors (Lipinski definition) is 5. The summed E-state index contributed by atoms with van der Waals surface area (Å²) in [6.07, 6.45) is -2.37. The highest BCUT2D eigenvalue weighted by Gasteiger charge is 2.19. The molecule has 0 spiro atoms. The molecule has 0 saturated heterocycles. The minimum atomic E-state index is -4.29. The zero-order valence-corrected chi connectivity index (χ0v) is 9.41. The van der Waals surface area contributed by atoms with Gasteiger partial charge in [0.1, 0.15) is 5.88 Å². The quantitative estimate of drug-likeness (QED) is 0.288. The zero-order chi connectivity index (χ0) is 12.8. The average molecular weight is 259 g/mol. The molecule has 98 valence electrons. The molecule has 0 aromatic carbocycles. The lowest BCUT2D eigenvalue weighted by atomic mass is 10.3. The molecule has 0 aromatic heterocycles. The Morgan fingerprint density at radius 1 is 1.00 bits per heavy atom. The van der Waals surface area contributed by atoms with E-state index in [4.69, 9.17) is 25.0 Å². The summed E-state index contributed by atoms with van der Waals surface area (Å²) in [6.45, 7) is -1.63. The first kappa shape index (κ1) is 15.7. The largest absolute Gasteiger partial charge is 0.394 e. The van der Waals surface area contributed by atoms with Crippen LogP contribution < -0.4 is 0 Å². The molecule has 0 heterocycles. The third kappa shape index (κ3) is 7.93. The minimum absolute atomic E-state index is 0.243. The van der Waals surface area contributed by atoms with Crippen LogP contribution in [0, 0.1) is 0 Å². The van der Waals surface area contributed by atoms with E-state index in [1.807, 2.05) is 0 Å². The topological polar surface area (TPSA) is 139 Å². The number of hydrogen-bond acceptors (Lipinski definition) is 7. The van der Waals surface area contributed by atoms with Crippen LogP contribution in [0.2, 0.25) is 0 Å². The van der Waals surface area contributed by atoms with Crippen LogP contribution in [0.3, 0.4) is 0 Å². The number of aliphatic hydroxyl groups excluding tert-OH is 4. The van der Waals surface area contributed by atoms with Crippen molar-refractivity contribution in [3.05, 3.63) is 0 Å². The van der Waals surface area contributed by atoms with Gasteiger partial charge in [-0.25, -0.2) is 0 Å². The molecule has 0 saturated carbocycles. The highest BCUT2D eigenvalue weighted by molar-refractivity contribution is 7.85. The average Bonchev–Trinajstić information content (AvgIpc) is 2.14. The summed E-state index contributed by atoms with van der Waals surface area (Å²) in [4.78, 5) is 1.01. The normalized spacial score (nSPS) is 16.4. The Kier molecular flexibility index (Phi) is 6.99. The van der Waals surface area contributed by atoms with Gasteiger partial charge in [0.25, 0.3) is 10.1 Å². The summed E-state index contributed by atoms with van der Waals surface area (Å²) in [5.74, 6) is -0.791. The third-order valence-corrected chi connectivity index (χ3v) is 2.40. The first-order chi connectivity index (χ1) is 7.28. The smallest absolute Gasteiger partial charge is 0.278 e. The SMILES string of the molecule is O=S(=O)(O)CN(CC(O)CO)CC(O)CO. The summed E-state index contributed by atoms with van der Waals surface area (Å²) in [5, 5.41) is 35.3. The van der Waals surface area contributed by atoms with Crippen LogP contribution in [-0.4, -0.2) is 82.7 Å². The Balaban J connectivity index is 4.38. The zero-order valence-electron chi connectivity index (χ0n) is 8.60. The van der Waals surface area contributed by atoms with Gasteiger partial charge in [0.2, 0.25) is 0 Å². The van der Waals surface area contributed by atoms with E-state index in [-0.39, 0.29) is 13.1 Å². The molecule has 5 N–H and O–H groups in total. The molecule has 9 heteroatoms. The van der Waals surface area contributed by atoms with Gasteiger partial charge in [-0.2, -0.15) is 8.42 Å². The van der Waals surface area contributed by atoms with Crippen molar-refractivity contribution in [2.75, 3.05) is 32.2 Å². The third-order valence-electron chi connectivity index (χ3n) is 1.71. The van der Waals surface area contributed by atoms with Crippen LogP contribution in [0.1, 0.15) is 0 Å². The van der Waals surface area contributed by atoms with E-state index >= 15 is 0 Å². The first-order valence-electron chi connectivity index (χ1n) is 4.54. The van der Waals surface area contributed by atoms with Crippen molar-refractivity contribution in [2.24, 2.45) is 0 Å². The summed E-state index contributed by atoms with van der Waals surface area (Å²) in [5.41, 5.74) is 0. The maximum absolute atomic E-state index is 10.6. The maximum Gasteiger partial charge on any atom is 0.278 e. The van der Waals surface area contributed by atoms with Crippen LogP contribution in [-0.2, 0) is 10.1 Å². The van der Waals surface area contributed by atoms with Crippen molar-refractivity contribution < 1.29 is 33.4 Å². The second-order valence-electron chi connectivity index (χ2n) is 3.42. The summed E-state index contributed by atoms with van der Waals surface area (Å²) >= 11 is 0. The molecule has 0 aliphatic heterocycles. The fraction of sp³-hybridized carbons (Fsp3) is 1.00. The molecule has 0 rings (SSSR count). The molecule has 0 aliphatic carbocycles. The Hall–Kier alpha value is -0.290. The molecule has 2 unspecified atom stereocenters.